The Balaban J connectivity index is 1.64. The van der Waals surface area contributed by atoms with Crippen molar-refractivity contribution in [3.8, 4) is 11.1 Å². The van der Waals surface area contributed by atoms with Crippen LogP contribution >= 0.6 is 0 Å². The second-order valence-electron chi connectivity index (χ2n) is 6.10. The van der Waals surface area contributed by atoms with Gasteiger partial charge in [-0.05, 0) is 42.7 Å². The normalized spacial score (nSPS) is 21.9. The van der Waals surface area contributed by atoms with Crippen LogP contribution in [0, 0.1) is 0 Å². The summed E-state index contributed by atoms with van der Waals surface area (Å²) in [7, 11) is 0. The molecule has 0 bridgehead atoms. The van der Waals surface area contributed by atoms with Crippen molar-refractivity contribution in [3.05, 3.63) is 54.4 Å². The van der Waals surface area contributed by atoms with Crippen LogP contribution in [-0.4, -0.2) is 36.2 Å². The summed E-state index contributed by atoms with van der Waals surface area (Å²) in [5.41, 5.74) is 3.34. The fourth-order valence-corrected chi connectivity index (χ4v) is 2.92. The number of nitrogens with one attached hydrogen (secondary N) is 2. The van der Waals surface area contributed by atoms with Gasteiger partial charge in [0.05, 0.1) is 18.8 Å². The molecule has 1 aromatic heterocycles. The molecule has 2 N–H and O–H groups in total. The van der Waals surface area contributed by atoms with Crippen molar-refractivity contribution in [1.82, 2.24) is 15.6 Å². The molecular formula is C19H23N3O2. The first kappa shape index (κ1) is 16.6. The van der Waals surface area contributed by atoms with Gasteiger partial charge < -0.3 is 15.4 Å². The van der Waals surface area contributed by atoms with Crippen LogP contribution in [-0.2, 0) is 9.53 Å². The van der Waals surface area contributed by atoms with Crippen LogP contribution in [0.2, 0.25) is 0 Å². The Morgan fingerprint density at radius 3 is 2.54 bits per heavy atom. The maximum absolute atomic E-state index is 12.4. The maximum atomic E-state index is 12.4. The lowest BCUT2D eigenvalue weighted by Crippen LogP contribution is -2.55. The summed E-state index contributed by atoms with van der Waals surface area (Å²) in [6.45, 7) is 5.27. The van der Waals surface area contributed by atoms with Gasteiger partial charge in [-0.15, -0.1) is 0 Å². The number of carbonyl (C=O) groups is 1. The van der Waals surface area contributed by atoms with Crippen molar-refractivity contribution in [2.75, 3.05) is 13.2 Å². The van der Waals surface area contributed by atoms with E-state index in [4.69, 9.17) is 4.74 Å². The average molecular weight is 325 g/mol. The molecule has 5 heteroatoms. The van der Waals surface area contributed by atoms with E-state index in [0.717, 1.165) is 16.7 Å². The third-order valence-corrected chi connectivity index (χ3v) is 4.38. The van der Waals surface area contributed by atoms with E-state index in [2.05, 4.69) is 39.9 Å². The summed E-state index contributed by atoms with van der Waals surface area (Å²) in [5.74, 6) is -0.0205. The lowest BCUT2D eigenvalue weighted by Gasteiger charge is -2.30. The number of amides is 1. The molecule has 0 radical (unpaired) electrons. The van der Waals surface area contributed by atoms with Gasteiger partial charge in [0.1, 0.15) is 6.04 Å². The first-order chi connectivity index (χ1) is 11.6. The Hall–Kier alpha value is -2.24. The van der Waals surface area contributed by atoms with Crippen LogP contribution in [0.4, 0.5) is 0 Å². The topological polar surface area (TPSA) is 63.2 Å². The molecule has 1 saturated heterocycles. The SMILES string of the molecule is CC(NC(=O)[C@H]1NCCO[C@@H]1C)c1ccc(-c2ccncc2)cc1. The van der Waals surface area contributed by atoms with Crippen molar-refractivity contribution in [2.45, 2.75) is 32.0 Å². The zero-order valence-electron chi connectivity index (χ0n) is 14.0. The van der Waals surface area contributed by atoms with E-state index in [-0.39, 0.29) is 24.1 Å². The third kappa shape index (κ3) is 3.80. The second-order valence-corrected chi connectivity index (χ2v) is 6.10. The van der Waals surface area contributed by atoms with Gasteiger partial charge in [0.25, 0.3) is 0 Å². The predicted octanol–water partition coefficient (Wildman–Crippen LogP) is 2.30. The van der Waals surface area contributed by atoms with E-state index in [1.165, 1.54) is 0 Å². The number of nitrogens with zero attached hydrogens (tertiary/aromatic N) is 1. The molecule has 5 nitrogen and oxygen atoms in total. The van der Waals surface area contributed by atoms with Gasteiger partial charge in [0.15, 0.2) is 0 Å². The van der Waals surface area contributed by atoms with Gasteiger partial charge >= 0.3 is 0 Å². The van der Waals surface area contributed by atoms with Crippen LogP contribution in [0.25, 0.3) is 11.1 Å². The highest BCUT2D eigenvalue weighted by atomic mass is 16.5. The van der Waals surface area contributed by atoms with Crippen molar-refractivity contribution in [3.63, 3.8) is 0 Å². The van der Waals surface area contributed by atoms with E-state index in [9.17, 15) is 4.79 Å². The molecule has 126 valence electrons. The molecule has 0 aliphatic carbocycles. The van der Waals surface area contributed by atoms with Crippen LogP contribution in [0.3, 0.4) is 0 Å². The fourth-order valence-electron chi connectivity index (χ4n) is 2.92. The summed E-state index contributed by atoms with van der Waals surface area (Å²) in [6, 6.07) is 11.9. The van der Waals surface area contributed by atoms with Gasteiger partial charge in [-0.3, -0.25) is 9.78 Å². The fraction of sp³-hybridized carbons (Fsp3) is 0.368. The Bertz CT molecular complexity index is 673. The second kappa shape index (κ2) is 7.55. The molecule has 1 fully saturated rings. The minimum absolute atomic E-state index is 0.0205. The monoisotopic (exact) mass is 325 g/mol. The lowest BCUT2D eigenvalue weighted by atomic mass is 10.0. The quantitative estimate of drug-likeness (QED) is 0.905. The number of hydrogen-bond acceptors (Lipinski definition) is 4. The molecule has 24 heavy (non-hydrogen) atoms. The number of pyridine rings is 1. The molecule has 1 aliphatic rings. The molecule has 1 unspecified atom stereocenters. The highest BCUT2D eigenvalue weighted by molar-refractivity contribution is 5.83. The largest absolute Gasteiger partial charge is 0.375 e. The summed E-state index contributed by atoms with van der Waals surface area (Å²) in [5, 5.41) is 6.28. The highest BCUT2D eigenvalue weighted by Gasteiger charge is 2.29. The number of hydrogen-bond donors (Lipinski definition) is 2. The molecule has 0 spiro atoms. The van der Waals surface area contributed by atoms with Crippen LogP contribution in [0.15, 0.2) is 48.8 Å². The van der Waals surface area contributed by atoms with Gasteiger partial charge in [-0.2, -0.15) is 0 Å². The van der Waals surface area contributed by atoms with E-state index in [1.807, 2.05) is 26.0 Å². The van der Waals surface area contributed by atoms with E-state index < -0.39 is 0 Å². The minimum atomic E-state index is -0.294. The first-order valence-electron chi connectivity index (χ1n) is 8.31. The van der Waals surface area contributed by atoms with E-state index in [1.54, 1.807) is 12.4 Å². The lowest BCUT2D eigenvalue weighted by molar-refractivity contribution is -0.129. The van der Waals surface area contributed by atoms with E-state index in [0.29, 0.717) is 13.2 Å². The minimum Gasteiger partial charge on any atom is -0.375 e. The Morgan fingerprint density at radius 2 is 1.88 bits per heavy atom. The smallest absolute Gasteiger partial charge is 0.240 e. The first-order valence-corrected chi connectivity index (χ1v) is 8.31. The summed E-state index contributed by atoms with van der Waals surface area (Å²) in [4.78, 5) is 16.5. The molecule has 3 atom stereocenters. The van der Waals surface area contributed by atoms with Crippen molar-refractivity contribution in [2.24, 2.45) is 0 Å². The number of morpholine rings is 1. The Labute approximate surface area is 142 Å². The predicted molar refractivity (Wildman–Crippen MR) is 93.4 cm³/mol. The molecule has 1 amide bonds. The number of ether oxygens (including phenoxy) is 1. The average Bonchev–Trinajstić information content (AvgIpc) is 2.63. The van der Waals surface area contributed by atoms with Gasteiger partial charge in [0.2, 0.25) is 5.91 Å². The molecular weight excluding hydrogens is 302 g/mol. The number of rotatable bonds is 4. The standard InChI is InChI=1S/C19H23N3O2/c1-13(22-19(23)18-14(2)24-12-11-21-18)15-3-5-16(6-4-15)17-7-9-20-10-8-17/h3-10,13-14,18,21H,11-12H2,1-2H3,(H,22,23)/t13?,14-,18+/m1/s1. The maximum Gasteiger partial charge on any atom is 0.240 e. The molecule has 1 aliphatic heterocycles. The Morgan fingerprint density at radius 1 is 1.21 bits per heavy atom. The van der Waals surface area contributed by atoms with Crippen LogP contribution in [0.5, 0.6) is 0 Å². The molecule has 2 heterocycles. The van der Waals surface area contributed by atoms with Crippen molar-refractivity contribution < 1.29 is 9.53 Å². The third-order valence-electron chi connectivity index (χ3n) is 4.38. The zero-order valence-corrected chi connectivity index (χ0v) is 14.0. The molecule has 1 aromatic carbocycles. The number of carbonyl (C=O) groups excluding carboxylic acids is 1. The molecule has 2 aromatic rings. The van der Waals surface area contributed by atoms with Gasteiger partial charge in [0, 0.05) is 18.9 Å². The molecule has 3 rings (SSSR count). The van der Waals surface area contributed by atoms with Crippen LogP contribution in [0.1, 0.15) is 25.5 Å². The van der Waals surface area contributed by atoms with Gasteiger partial charge in [-0.1, -0.05) is 24.3 Å². The summed E-state index contributed by atoms with van der Waals surface area (Å²) in [6.07, 6.45) is 3.46. The summed E-state index contributed by atoms with van der Waals surface area (Å²) < 4.78 is 5.54. The van der Waals surface area contributed by atoms with Gasteiger partial charge in [-0.25, -0.2) is 0 Å². The molecule has 0 saturated carbocycles. The number of benzene rings is 1. The zero-order chi connectivity index (χ0) is 16.9. The van der Waals surface area contributed by atoms with E-state index >= 15 is 0 Å². The highest BCUT2D eigenvalue weighted by Crippen LogP contribution is 2.21. The summed E-state index contributed by atoms with van der Waals surface area (Å²) >= 11 is 0. The van der Waals surface area contributed by atoms with Crippen molar-refractivity contribution in [1.29, 1.82) is 0 Å². The number of aromatic nitrogens is 1. The van der Waals surface area contributed by atoms with Crippen molar-refractivity contribution >= 4 is 5.91 Å². The van der Waals surface area contributed by atoms with Crippen LogP contribution < -0.4 is 10.6 Å². The Kier molecular flexibility index (Phi) is 5.23.